The van der Waals surface area contributed by atoms with Gasteiger partial charge in [-0.1, -0.05) is 24.8 Å². The van der Waals surface area contributed by atoms with Crippen LogP contribution in [0.5, 0.6) is 5.88 Å². The van der Waals surface area contributed by atoms with Gasteiger partial charge in [-0.15, -0.1) is 6.58 Å². The molecule has 0 aliphatic carbocycles. The standard InChI is InChI=1S/C17H21N3O3S/c1-4-10-23-19-12(2)13-5-7-14(8-6-13)20-16(21)15(9-11-24-3)18-17(20)22/h4-8,19,21H,1-2,9-11H2,3H3,(H,18,22). The maximum atomic E-state index is 12.1. The number of aryl methyl sites for hydroxylation is 1. The zero-order valence-electron chi connectivity index (χ0n) is 13.5. The van der Waals surface area contributed by atoms with Gasteiger partial charge in [0.05, 0.1) is 23.7 Å². The Balaban J connectivity index is 2.19. The van der Waals surface area contributed by atoms with Gasteiger partial charge in [0.1, 0.15) is 0 Å². The molecule has 0 saturated carbocycles. The third-order valence-corrected chi connectivity index (χ3v) is 3.98. The molecule has 0 aliphatic heterocycles. The topological polar surface area (TPSA) is 79.3 Å². The third-order valence-electron chi connectivity index (χ3n) is 3.37. The van der Waals surface area contributed by atoms with Crippen molar-refractivity contribution < 1.29 is 9.94 Å². The lowest BCUT2D eigenvalue weighted by atomic mass is 10.1. The molecule has 0 amide bonds. The minimum atomic E-state index is -0.359. The van der Waals surface area contributed by atoms with E-state index in [1.54, 1.807) is 42.1 Å². The molecule has 0 aliphatic rings. The number of thioether (sulfide) groups is 1. The van der Waals surface area contributed by atoms with E-state index < -0.39 is 0 Å². The Morgan fingerprint density at radius 3 is 2.79 bits per heavy atom. The second kappa shape index (κ2) is 8.47. The summed E-state index contributed by atoms with van der Waals surface area (Å²) in [4.78, 5) is 19.9. The van der Waals surface area contributed by atoms with Crippen LogP contribution in [0.2, 0.25) is 0 Å². The molecule has 0 bridgehead atoms. The number of imidazole rings is 1. The molecule has 3 N–H and O–H groups in total. The molecule has 0 spiro atoms. The fourth-order valence-corrected chi connectivity index (χ4v) is 2.56. The van der Waals surface area contributed by atoms with Crippen molar-refractivity contribution in [2.45, 2.75) is 6.42 Å². The van der Waals surface area contributed by atoms with Crippen LogP contribution < -0.4 is 11.2 Å². The molecule has 7 heteroatoms. The molecular weight excluding hydrogens is 326 g/mol. The molecule has 0 unspecified atom stereocenters. The summed E-state index contributed by atoms with van der Waals surface area (Å²) in [5.74, 6) is 0.774. The van der Waals surface area contributed by atoms with E-state index in [2.05, 4.69) is 23.6 Å². The lowest BCUT2D eigenvalue weighted by Crippen LogP contribution is -2.15. The summed E-state index contributed by atoms with van der Waals surface area (Å²) in [6, 6.07) is 7.07. The van der Waals surface area contributed by atoms with Gasteiger partial charge in [-0.3, -0.25) is 10.3 Å². The van der Waals surface area contributed by atoms with Crippen LogP contribution in [-0.4, -0.2) is 33.3 Å². The predicted octanol–water partition coefficient (Wildman–Crippen LogP) is 2.45. The number of hydrogen-bond acceptors (Lipinski definition) is 5. The van der Waals surface area contributed by atoms with Gasteiger partial charge in [0.15, 0.2) is 0 Å². The maximum Gasteiger partial charge on any atom is 0.333 e. The average Bonchev–Trinajstić information content (AvgIpc) is 2.87. The van der Waals surface area contributed by atoms with Gasteiger partial charge in [0.25, 0.3) is 0 Å². The minimum Gasteiger partial charge on any atom is -0.493 e. The Hall–Kier alpha value is -2.38. The minimum absolute atomic E-state index is 0.0481. The van der Waals surface area contributed by atoms with Gasteiger partial charge in [0.2, 0.25) is 5.88 Å². The summed E-state index contributed by atoms with van der Waals surface area (Å²) in [5, 5.41) is 10.3. The van der Waals surface area contributed by atoms with E-state index in [0.29, 0.717) is 30.1 Å². The Morgan fingerprint density at radius 1 is 1.46 bits per heavy atom. The first-order valence-electron chi connectivity index (χ1n) is 7.38. The Kier molecular flexibility index (Phi) is 6.34. The maximum absolute atomic E-state index is 12.1. The molecule has 2 rings (SSSR count). The van der Waals surface area contributed by atoms with E-state index in [-0.39, 0.29) is 11.6 Å². The highest BCUT2D eigenvalue weighted by Crippen LogP contribution is 2.21. The number of nitrogens with zero attached hydrogens (tertiary/aromatic N) is 1. The fourth-order valence-electron chi connectivity index (χ4n) is 2.15. The van der Waals surface area contributed by atoms with Crippen molar-refractivity contribution in [2.24, 2.45) is 0 Å². The zero-order chi connectivity index (χ0) is 17.5. The Morgan fingerprint density at radius 2 is 2.17 bits per heavy atom. The van der Waals surface area contributed by atoms with Crippen molar-refractivity contribution >= 4 is 17.5 Å². The van der Waals surface area contributed by atoms with Crippen LogP contribution in [0.1, 0.15) is 11.3 Å². The summed E-state index contributed by atoms with van der Waals surface area (Å²) >= 11 is 1.65. The number of hydrogen-bond donors (Lipinski definition) is 3. The van der Waals surface area contributed by atoms with Gasteiger partial charge in [-0.25, -0.2) is 9.36 Å². The Bertz CT molecular complexity index is 762. The monoisotopic (exact) mass is 347 g/mol. The lowest BCUT2D eigenvalue weighted by Gasteiger charge is -2.10. The molecule has 128 valence electrons. The molecule has 24 heavy (non-hydrogen) atoms. The first kappa shape index (κ1) is 18.0. The molecule has 1 heterocycles. The van der Waals surface area contributed by atoms with E-state index >= 15 is 0 Å². The predicted molar refractivity (Wildman–Crippen MR) is 98.5 cm³/mol. The fraction of sp³-hybridized carbons (Fsp3) is 0.235. The number of aromatic amines is 1. The van der Waals surface area contributed by atoms with E-state index in [1.807, 2.05) is 6.26 Å². The van der Waals surface area contributed by atoms with Crippen molar-refractivity contribution in [2.75, 3.05) is 18.6 Å². The number of rotatable bonds is 9. The van der Waals surface area contributed by atoms with Crippen LogP contribution in [0.25, 0.3) is 11.4 Å². The van der Waals surface area contributed by atoms with E-state index in [4.69, 9.17) is 4.84 Å². The summed E-state index contributed by atoms with van der Waals surface area (Å²) in [6.07, 6.45) is 4.21. The number of benzene rings is 1. The second-order valence-electron chi connectivity index (χ2n) is 5.04. The van der Waals surface area contributed by atoms with E-state index in [9.17, 15) is 9.90 Å². The van der Waals surface area contributed by atoms with Gasteiger partial charge in [-0.05, 0) is 29.7 Å². The zero-order valence-corrected chi connectivity index (χ0v) is 14.4. The second-order valence-corrected chi connectivity index (χ2v) is 6.02. The lowest BCUT2D eigenvalue weighted by molar-refractivity contribution is 0.104. The van der Waals surface area contributed by atoms with Crippen molar-refractivity contribution in [1.82, 2.24) is 15.0 Å². The highest BCUT2D eigenvalue weighted by Gasteiger charge is 2.14. The first-order valence-corrected chi connectivity index (χ1v) is 8.78. The average molecular weight is 347 g/mol. The molecule has 2 aromatic rings. The number of H-pyrrole nitrogens is 1. The van der Waals surface area contributed by atoms with E-state index in [1.165, 1.54) is 4.57 Å². The van der Waals surface area contributed by atoms with E-state index in [0.717, 1.165) is 11.3 Å². The normalized spacial score (nSPS) is 10.5. The van der Waals surface area contributed by atoms with Gasteiger partial charge in [-0.2, -0.15) is 11.8 Å². The van der Waals surface area contributed by atoms with Crippen LogP contribution in [0.4, 0.5) is 0 Å². The summed E-state index contributed by atoms with van der Waals surface area (Å²) in [5.41, 5.74) is 4.88. The number of hydroxylamine groups is 1. The number of nitrogens with one attached hydrogen (secondary N) is 2. The van der Waals surface area contributed by atoms with Crippen LogP contribution in [0, 0.1) is 0 Å². The molecule has 6 nitrogen and oxygen atoms in total. The largest absolute Gasteiger partial charge is 0.493 e. The van der Waals surface area contributed by atoms with Gasteiger partial charge in [0, 0.05) is 6.42 Å². The summed E-state index contributed by atoms with van der Waals surface area (Å²) in [7, 11) is 0. The third kappa shape index (κ3) is 4.12. The highest BCUT2D eigenvalue weighted by molar-refractivity contribution is 7.98. The molecule has 1 aromatic heterocycles. The van der Waals surface area contributed by atoms with Crippen molar-refractivity contribution in [3.05, 3.63) is 65.2 Å². The SMILES string of the molecule is C=CCONC(=C)c1ccc(-n2c(O)c(CCSC)[nH]c2=O)cc1. The van der Waals surface area contributed by atoms with Crippen molar-refractivity contribution in [3.63, 3.8) is 0 Å². The molecular formula is C17H21N3O3S. The van der Waals surface area contributed by atoms with Crippen molar-refractivity contribution in [1.29, 1.82) is 0 Å². The highest BCUT2D eigenvalue weighted by atomic mass is 32.2. The Labute approximate surface area is 144 Å². The molecule has 0 atom stereocenters. The van der Waals surface area contributed by atoms with Gasteiger partial charge >= 0.3 is 5.69 Å². The molecule has 0 radical (unpaired) electrons. The van der Waals surface area contributed by atoms with Crippen LogP contribution in [-0.2, 0) is 11.3 Å². The first-order chi connectivity index (χ1) is 11.6. The smallest absolute Gasteiger partial charge is 0.333 e. The number of aromatic nitrogens is 2. The summed E-state index contributed by atoms with van der Waals surface area (Å²) < 4.78 is 1.25. The molecule has 0 fully saturated rings. The van der Waals surface area contributed by atoms with Crippen LogP contribution in [0.15, 0.2) is 48.3 Å². The quantitative estimate of drug-likeness (QED) is 0.369. The van der Waals surface area contributed by atoms with Gasteiger partial charge < -0.3 is 10.1 Å². The number of aromatic hydroxyl groups is 1. The summed E-state index contributed by atoms with van der Waals surface area (Å²) in [6.45, 7) is 7.80. The van der Waals surface area contributed by atoms with Crippen molar-refractivity contribution in [3.8, 4) is 11.6 Å². The molecule has 0 saturated heterocycles. The van der Waals surface area contributed by atoms with Crippen LogP contribution in [0.3, 0.4) is 0 Å². The van der Waals surface area contributed by atoms with Crippen LogP contribution >= 0.6 is 11.8 Å². The molecule has 1 aromatic carbocycles.